The summed E-state index contributed by atoms with van der Waals surface area (Å²) in [5, 5.41) is 5.09. The van der Waals surface area contributed by atoms with E-state index in [-0.39, 0.29) is 23.8 Å². The third-order valence-corrected chi connectivity index (χ3v) is 7.64. The summed E-state index contributed by atoms with van der Waals surface area (Å²) in [5.74, 6) is -0.550. The summed E-state index contributed by atoms with van der Waals surface area (Å²) >= 11 is 2.03. The molecule has 0 spiro atoms. The van der Waals surface area contributed by atoms with E-state index in [1.165, 1.54) is 25.3 Å². The number of halogens is 1. The van der Waals surface area contributed by atoms with Crippen LogP contribution in [0.5, 0.6) is 23.0 Å². The Balaban J connectivity index is 1.59. The van der Waals surface area contributed by atoms with Crippen LogP contribution in [0, 0.1) is 17.4 Å². The molecule has 1 saturated heterocycles. The number of nitrogens with one attached hydrogen (secondary N) is 2. The quantitative estimate of drug-likeness (QED) is 0.136. The van der Waals surface area contributed by atoms with Crippen LogP contribution in [0.1, 0.15) is 37.0 Å². The van der Waals surface area contributed by atoms with E-state index in [0.717, 1.165) is 22.4 Å². The van der Waals surface area contributed by atoms with E-state index >= 15 is 0 Å². The number of anilines is 2. The molecule has 0 bridgehead atoms. The third kappa shape index (κ3) is 7.74. The molecule has 3 aromatic carbocycles. The Kier molecular flexibility index (Phi) is 11.0. The Morgan fingerprint density at radius 2 is 1.76 bits per heavy atom. The van der Waals surface area contributed by atoms with Gasteiger partial charge in [-0.15, -0.1) is 0 Å². The molecule has 236 valence electrons. The summed E-state index contributed by atoms with van der Waals surface area (Å²) in [6.07, 6.45) is 2.16. The number of hydrogen-bond donors (Lipinski definition) is 2. The standard InChI is InChI=1S/C33H34IN3O8/c1-6-13-44-26-12-11-22(17-27(26)42-5)37-32(40)23(31(39)36-33(37)41)14-21-15-24(34)30(28(16-21)43-7-2)45-18-29(38)35-25-10-8-9-19(3)20(25)4/h8-12,14-17H,6-7,13,18H2,1-5H3,(H,35,38)(H,36,39,41)/b23-14-. The van der Waals surface area contributed by atoms with Gasteiger partial charge >= 0.3 is 6.03 Å². The highest BCUT2D eigenvalue weighted by Gasteiger charge is 2.37. The number of imide groups is 2. The molecule has 0 unspecified atom stereocenters. The highest BCUT2D eigenvalue weighted by Crippen LogP contribution is 2.36. The number of nitrogens with zero attached hydrogens (tertiary/aromatic N) is 1. The molecule has 5 amide bonds. The Hall–Kier alpha value is -4.59. The van der Waals surface area contributed by atoms with Gasteiger partial charge in [0.1, 0.15) is 5.57 Å². The van der Waals surface area contributed by atoms with Crippen molar-refractivity contribution in [1.29, 1.82) is 0 Å². The van der Waals surface area contributed by atoms with E-state index in [4.69, 9.17) is 18.9 Å². The molecule has 2 N–H and O–H groups in total. The predicted octanol–water partition coefficient (Wildman–Crippen LogP) is 5.79. The zero-order valence-electron chi connectivity index (χ0n) is 25.6. The summed E-state index contributed by atoms with van der Waals surface area (Å²) in [6, 6.07) is 12.7. The summed E-state index contributed by atoms with van der Waals surface area (Å²) in [6.45, 7) is 8.14. The maximum absolute atomic E-state index is 13.5. The Morgan fingerprint density at radius 1 is 0.978 bits per heavy atom. The summed E-state index contributed by atoms with van der Waals surface area (Å²) in [5.41, 5.74) is 3.10. The average Bonchev–Trinajstić information content (AvgIpc) is 3.00. The number of carbonyl (C=O) groups is 4. The van der Waals surface area contributed by atoms with Gasteiger partial charge in [0.15, 0.2) is 29.6 Å². The first-order chi connectivity index (χ1) is 21.6. The first kappa shape index (κ1) is 33.3. The van der Waals surface area contributed by atoms with Gasteiger partial charge < -0.3 is 24.3 Å². The van der Waals surface area contributed by atoms with Crippen LogP contribution in [0.15, 0.2) is 54.1 Å². The molecule has 1 aliphatic heterocycles. The number of barbiturate groups is 1. The van der Waals surface area contributed by atoms with Crippen molar-refractivity contribution in [2.75, 3.05) is 37.1 Å². The minimum Gasteiger partial charge on any atom is -0.493 e. The molecule has 11 nitrogen and oxygen atoms in total. The molecule has 0 saturated carbocycles. The van der Waals surface area contributed by atoms with E-state index in [0.29, 0.717) is 51.0 Å². The number of amides is 5. The fraction of sp³-hybridized carbons (Fsp3) is 0.273. The molecule has 0 radical (unpaired) electrons. The van der Waals surface area contributed by atoms with Crippen molar-refractivity contribution >= 4 is 63.8 Å². The fourth-order valence-electron chi connectivity index (χ4n) is 4.47. The van der Waals surface area contributed by atoms with Gasteiger partial charge in [-0.25, -0.2) is 9.69 Å². The van der Waals surface area contributed by atoms with Gasteiger partial charge in [-0.1, -0.05) is 19.1 Å². The minimum absolute atomic E-state index is 0.198. The largest absolute Gasteiger partial charge is 0.493 e. The van der Waals surface area contributed by atoms with Crippen LogP contribution >= 0.6 is 22.6 Å². The summed E-state index contributed by atoms with van der Waals surface area (Å²) < 4.78 is 23.3. The van der Waals surface area contributed by atoms with E-state index in [9.17, 15) is 19.2 Å². The molecular formula is C33H34IN3O8. The third-order valence-electron chi connectivity index (χ3n) is 6.84. The van der Waals surface area contributed by atoms with Crippen molar-refractivity contribution in [2.45, 2.75) is 34.1 Å². The zero-order chi connectivity index (χ0) is 32.7. The van der Waals surface area contributed by atoms with Crippen LogP contribution in [0.4, 0.5) is 16.2 Å². The van der Waals surface area contributed by atoms with Gasteiger partial charge in [-0.05, 0) is 103 Å². The van der Waals surface area contributed by atoms with Gasteiger partial charge in [-0.2, -0.15) is 0 Å². The number of aryl methyl sites for hydroxylation is 1. The number of urea groups is 1. The minimum atomic E-state index is -0.890. The molecule has 3 aromatic rings. The van der Waals surface area contributed by atoms with Crippen molar-refractivity contribution in [2.24, 2.45) is 0 Å². The van der Waals surface area contributed by atoms with Crippen LogP contribution in [-0.2, 0) is 14.4 Å². The van der Waals surface area contributed by atoms with Crippen LogP contribution in [-0.4, -0.2) is 50.7 Å². The molecule has 1 fully saturated rings. The molecule has 0 aromatic heterocycles. The molecule has 1 aliphatic rings. The van der Waals surface area contributed by atoms with E-state index in [2.05, 4.69) is 10.6 Å². The fourth-order valence-corrected chi connectivity index (χ4v) is 5.25. The van der Waals surface area contributed by atoms with Gasteiger partial charge in [0, 0.05) is 11.8 Å². The van der Waals surface area contributed by atoms with Gasteiger partial charge in [0.05, 0.1) is 29.6 Å². The number of carbonyl (C=O) groups excluding carboxylic acids is 4. The Bertz CT molecular complexity index is 1670. The van der Waals surface area contributed by atoms with Crippen molar-refractivity contribution in [3.05, 3.63) is 74.4 Å². The Labute approximate surface area is 275 Å². The van der Waals surface area contributed by atoms with Crippen molar-refractivity contribution in [1.82, 2.24) is 5.32 Å². The van der Waals surface area contributed by atoms with Crippen LogP contribution in [0.25, 0.3) is 6.08 Å². The summed E-state index contributed by atoms with van der Waals surface area (Å²) in [4.78, 5) is 52.7. The molecular weight excluding hydrogens is 693 g/mol. The molecule has 1 heterocycles. The number of rotatable bonds is 12. The monoisotopic (exact) mass is 727 g/mol. The van der Waals surface area contributed by atoms with Crippen molar-refractivity contribution in [3.8, 4) is 23.0 Å². The van der Waals surface area contributed by atoms with E-state index in [1.807, 2.05) is 61.6 Å². The topological polar surface area (TPSA) is 132 Å². The molecule has 12 heteroatoms. The number of benzene rings is 3. The lowest BCUT2D eigenvalue weighted by Crippen LogP contribution is -2.54. The maximum atomic E-state index is 13.5. The van der Waals surface area contributed by atoms with Crippen LogP contribution in [0.3, 0.4) is 0 Å². The summed E-state index contributed by atoms with van der Waals surface area (Å²) in [7, 11) is 1.45. The van der Waals surface area contributed by atoms with Crippen molar-refractivity contribution in [3.63, 3.8) is 0 Å². The van der Waals surface area contributed by atoms with Crippen molar-refractivity contribution < 1.29 is 38.1 Å². The molecule has 4 rings (SSSR count). The van der Waals surface area contributed by atoms with E-state index < -0.39 is 17.8 Å². The first-order valence-corrected chi connectivity index (χ1v) is 15.3. The average molecular weight is 728 g/mol. The number of methoxy groups -OCH3 is 1. The SMILES string of the molecule is CCCOc1ccc(N2C(=O)NC(=O)/C(=C/c3cc(I)c(OCC(=O)Nc4cccc(C)c4C)c(OCC)c3)C2=O)cc1OC. The smallest absolute Gasteiger partial charge is 0.335 e. The van der Waals surface area contributed by atoms with Crippen LogP contribution in [0.2, 0.25) is 0 Å². The van der Waals surface area contributed by atoms with Gasteiger partial charge in [0.25, 0.3) is 17.7 Å². The lowest BCUT2D eigenvalue weighted by Gasteiger charge is -2.27. The Morgan fingerprint density at radius 3 is 2.47 bits per heavy atom. The van der Waals surface area contributed by atoms with E-state index in [1.54, 1.807) is 25.1 Å². The van der Waals surface area contributed by atoms with Gasteiger partial charge in [-0.3, -0.25) is 19.7 Å². The second-order valence-corrected chi connectivity index (χ2v) is 11.2. The molecule has 45 heavy (non-hydrogen) atoms. The maximum Gasteiger partial charge on any atom is 0.335 e. The zero-order valence-corrected chi connectivity index (χ0v) is 27.8. The van der Waals surface area contributed by atoms with Crippen LogP contribution < -0.4 is 34.5 Å². The molecule has 0 atom stereocenters. The van der Waals surface area contributed by atoms with Gasteiger partial charge in [0.2, 0.25) is 0 Å². The lowest BCUT2D eigenvalue weighted by molar-refractivity contribution is -0.122. The normalized spacial score (nSPS) is 13.9. The second kappa shape index (κ2) is 14.9. The first-order valence-electron chi connectivity index (χ1n) is 14.2. The highest BCUT2D eigenvalue weighted by molar-refractivity contribution is 14.1. The predicted molar refractivity (Wildman–Crippen MR) is 178 cm³/mol. The number of hydrogen-bond acceptors (Lipinski definition) is 8. The lowest BCUT2D eigenvalue weighted by atomic mass is 10.1. The number of ether oxygens (including phenoxy) is 4. The molecule has 0 aliphatic carbocycles. The highest BCUT2D eigenvalue weighted by atomic mass is 127. The second-order valence-electron chi connectivity index (χ2n) is 9.99.